The predicted octanol–water partition coefficient (Wildman–Crippen LogP) is 1.32. The summed E-state index contributed by atoms with van der Waals surface area (Å²) in [4.78, 5) is 10.3. The van der Waals surface area contributed by atoms with Crippen molar-refractivity contribution in [2.45, 2.75) is 39.8 Å². The highest BCUT2D eigenvalue weighted by atomic mass is 16.5. The molecule has 0 radical (unpaired) electrons. The van der Waals surface area contributed by atoms with Gasteiger partial charge in [0.15, 0.2) is 0 Å². The molecule has 0 aromatic rings. The maximum Gasteiger partial charge on any atom is 0.0634 e. The molecule has 2 atom stereocenters. The van der Waals surface area contributed by atoms with Crippen LogP contribution in [0.1, 0.15) is 27.7 Å². The monoisotopic (exact) mass is 396 g/mol. The highest BCUT2D eigenvalue weighted by Gasteiger charge is 2.30. The van der Waals surface area contributed by atoms with Crippen molar-refractivity contribution < 1.29 is 9.47 Å². The molecule has 0 spiro atoms. The minimum absolute atomic E-state index is 0.663. The van der Waals surface area contributed by atoms with Crippen molar-refractivity contribution in [2.24, 2.45) is 11.8 Å². The fourth-order valence-electron chi connectivity index (χ4n) is 4.99. The van der Waals surface area contributed by atoms with Crippen LogP contribution in [-0.4, -0.2) is 124 Å². The Kier molecular flexibility index (Phi) is 9.00. The third kappa shape index (κ3) is 6.92. The van der Waals surface area contributed by atoms with E-state index in [-0.39, 0.29) is 0 Å². The predicted molar refractivity (Wildman–Crippen MR) is 115 cm³/mol. The third-order valence-electron chi connectivity index (χ3n) is 6.29. The fourth-order valence-corrected chi connectivity index (χ4v) is 4.99. The molecule has 6 nitrogen and oxygen atoms in total. The van der Waals surface area contributed by atoms with Crippen molar-refractivity contribution in [2.75, 3.05) is 91.9 Å². The summed E-state index contributed by atoms with van der Waals surface area (Å²) >= 11 is 0. The Morgan fingerprint density at radius 2 is 1.07 bits per heavy atom. The molecule has 0 aromatic heterocycles. The SMILES string of the molecule is CC(C)CN1CCN2CCOC[C@@H]2C1.CC(C)CN1CCN2CCOC[C@H]2C1. The van der Waals surface area contributed by atoms with E-state index in [1.807, 2.05) is 0 Å². The first-order valence-electron chi connectivity index (χ1n) is 11.6. The largest absolute Gasteiger partial charge is 0.378 e. The highest BCUT2D eigenvalue weighted by Crippen LogP contribution is 2.15. The number of nitrogens with zero attached hydrogens (tertiary/aromatic N) is 4. The summed E-state index contributed by atoms with van der Waals surface area (Å²) in [6.07, 6.45) is 0. The van der Waals surface area contributed by atoms with Gasteiger partial charge >= 0.3 is 0 Å². The van der Waals surface area contributed by atoms with Gasteiger partial charge in [0, 0.05) is 77.5 Å². The van der Waals surface area contributed by atoms with Crippen LogP contribution in [0.15, 0.2) is 0 Å². The molecule has 0 bridgehead atoms. The minimum Gasteiger partial charge on any atom is -0.378 e. The Hall–Kier alpha value is -0.240. The lowest BCUT2D eigenvalue weighted by atomic mass is 10.1. The normalized spacial score (nSPS) is 30.6. The smallest absolute Gasteiger partial charge is 0.0634 e. The van der Waals surface area contributed by atoms with Gasteiger partial charge in [0.25, 0.3) is 0 Å². The Bertz CT molecular complexity index is 408. The van der Waals surface area contributed by atoms with Crippen molar-refractivity contribution in [1.29, 1.82) is 0 Å². The van der Waals surface area contributed by atoms with Gasteiger partial charge in [-0.1, -0.05) is 27.7 Å². The van der Waals surface area contributed by atoms with Crippen molar-refractivity contribution in [3.05, 3.63) is 0 Å². The minimum atomic E-state index is 0.663. The molecule has 4 aliphatic rings. The number of piperazine rings is 2. The Balaban J connectivity index is 0.000000161. The maximum atomic E-state index is 5.52. The summed E-state index contributed by atoms with van der Waals surface area (Å²) in [5.41, 5.74) is 0. The van der Waals surface area contributed by atoms with Crippen LogP contribution in [-0.2, 0) is 9.47 Å². The van der Waals surface area contributed by atoms with Crippen LogP contribution >= 0.6 is 0 Å². The van der Waals surface area contributed by atoms with Gasteiger partial charge in [0.2, 0.25) is 0 Å². The quantitative estimate of drug-likeness (QED) is 0.712. The van der Waals surface area contributed by atoms with Crippen LogP contribution in [0, 0.1) is 11.8 Å². The molecule has 0 unspecified atom stereocenters. The van der Waals surface area contributed by atoms with Gasteiger partial charge in [-0.05, 0) is 11.8 Å². The zero-order valence-electron chi connectivity index (χ0n) is 18.8. The molecule has 4 saturated heterocycles. The lowest BCUT2D eigenvalue weighted by Crippen LogP contribution is -2.58. The van der Waals surface area contributed by atoms with Crippen molar-refractivity contribution >= 4 is 0 Å². The third-order valence-corrected chi connectivity index (χ3v) is 6.29. The Morgan fingerprint density at radius 1 is 0.643 bits per heavy atom. The number of ether oxygens (including phenoxy) is 2. The summed E-state index contributed by atoms with van der Waals surface area (Å²) in [5, 5.41) is 0. The van der Waals surface area contributed by atoms with Gasteiger partial charge in [0.1, 0.15) is 0 Å². The Morgan fingerprint density at radius 3 is 1.46 bits per heavy atom. The first kappa shape index (κ1) is 22.4. The molecule has 6 heteroatoms. The van der Waals surface area contributed by atoms with E-state index in [2.05, 4.69) is 47.3 Å². The van der Waals surface area contributed by atoms with E-state index in [9.17, 15) is 0 Å². The van der Waals surface area contributed by atoms with E-state index in [0.29, 0.717) is 12.1 Å². The first-order chi connectivity index (χ1) is 13.5. The van der Waals surface area contributed by atoms with Crippen LogP contribution in [0.4, 0.5) is 0 Å². The summed E-state index contributed by atoms with van der Waals surface area (Å²) in [6, 6.07) is 1.33. The van der Waals surface area contributed by atoms with Crippen LogP contribution < -0.4 is 0 Å². The molecule has 4 heterocycles. The standard InChI is InChI=1S/2C11H22N2O/c2*1-10(2)7-12-3-4-13-5-6-14-9-11(13)8-12/h2*10-11H,3-9H2,1-2H3/t2*11-/m10/s1. The van der Waals surface area contributed by atoms with E-state index >= 15 is 0 Å². The van der Waals surface area contributed by atoms with Crippen LogP contribution in [0.25, 0.3) is 0 Å². The summed E-state index contributed by atoms with van der Waals surface area (Å²) in [7, 11) is 0. The zero-order valence-corrected chi connectivity index (χ0v) is 18.8. The number of morpholine rings is 2. The van der Waals surface area contributed by atoms with Gasteiger partial charge in [-0.2, -0.15) is 0 Å². The second kappa shape index (κ2) is 11.2. The molecule has 28 heavy (non-hydrogen) atoms. The van der Waals surface area contributed by atoms with Crippen LogP contribution in [0.5, 0.6) is 0 Å². The molecular weight excluding hydrogens is 352 g/mol. The summed E-state index contributed by atoms with van der Waals surface area (Å²) in [6.45, 7) is 25.1. The Labute approximate surface area is 173 Å². The van der Waals surface area contributed by atoms with Crippen molar-refractivity contribution in [1.82, 2.24) is 19.6 Å². The van der Waals surface area contributed by atoms with E-state index in [1.54, 1.807) is 0 Å². The lowest BCUT2D eigenvalue weighted by Gasteiger charge is -2.44. The molecule has 0 N–H and O–H groups in total. The molecule has 0 saturated carbocycles. The lowest BCUT2D eigenvalue weighted by molar-refractivity contribution is -0.0462. The average molecular weight is 397 g/mol. The molecule has 0 aromatic carbocycles. The number of hydrogen-bond donors (Lipinski definition) is 0. The summed E-state index contributed by atoms with van der Waals surface area (Å²) < 4.78 is 11.0. The highest BCUT2D eigenvalue weighted by molar-refractivity contribution is 4.85. The molecule has 4 aliphatic heterocycles. The van der Waals surface area contributed by atoms with Gasteiger partial charge in [-0.15, -0.1) is 0 Å². The van der Waals surface area contributed by atoms with E-state index in [1.165, 1.54) is 52.4 Å². The molecule has 4 rings (SSSR count). The fraction of sp³-hybridized carbons (Fsp3) is 1.00. The molecule has 164 valence electrons. The van der Waals surface area contributed by atoms with Crippen molar-refractivity contribution in [3.63, 3.8) is 0 Å². The molecule has 0 aliphatic carbocycles. The molecule has 4 fully saturated rings. The van der Waals surface area contributed by atoms with Gasteiger partial charge in [-0.25, -0.2) is 0 Å². The topological polar surface area (TPSA) is 31.4 Å². The van der Waals surface area contributed by atoms with E-state index < -0.39 is 0 Å². The van der Waals surface area contributed by atoms with Crippen molar-refractivity contribution in [3.8, 4) is 0 Å². The van der Waals surface area contributed by atoms with E-state index in [0.717, 1.165) is 51.4 Å². The number of hydrogen-bond acceptors (Lipinski definition) is 6. The van der Waals surface area contributed by atoms with E-state index in [4.69, 9.17) is 9.47 Å². The zero-order chi connectivity index (χ0) is 19.9. The summed E-state index contributed by atoms with van der Waals surface area (Å²) in [5.74, 6) is 1.57. The van der Waals surface area contributed by atoms with Gasteiger partial charge < -0.3 is 19.3 Å². The van der Waals surface area contributed by atoms with Gasteiger partial charge in [0.05, 0.1) is 26.4 Å². The number of rotatable bonds is 4. The first-order valence-corrected chi connectivity index (χ1v) is 11.6. The average Bonchev–Trinajstić information content (AvgIpc) is 2.67. The second-order valence-electron chi connectivity index (χ2n) is 9.84. The molecule has 0 amide bonds. The van der Waals surface area contributed by atoms with Crippen LogP contribution in [0.3, 0.4) is 0 Å². The number of fused-ring (bicyclic) bond motifs is 2. The maximum absolute atomic E-state index is 5.52. The second-order valence-corrected chi connectivity index (χ2v) is 9.84. The molecular formula is C22H44N4O2. The van der Waals surface area contributed by atoms with Crippen LogP contribution in [0.2, 0.25) is 0 Å². The van der Waals surface area contributed by atoms with Gasteiger partial charge in [-0.3, -0.25) is 9.80 Å².